The molecule has 0 bridgehead atoms. The van der Waals surface area contributed by atoms with Gasteiger partial charge in [-0.05, 0) is 31.5 Å². The highest BCUT2D eigenvalue weighted by Crippen LogP contribution is 2.17. The number of carbonyl (C=O) groups excluding carboxylic acids is 1. The standard InChI is InChI=1S/C14H21ClN2O2/c1-14(2,13(19)17(3)4)16-9-12(18)10-5-7-11(15)8-6-10/h5-8,12,16,18H,9H2,1-4H3. The fraction of sp³-hybridized carbons (Fsp3) is 0.500. The zero-order valence-electron chi connectivity index (χ0n) is 11.8. The van der Waals surface area contributed by atoms with Gasteiger partial charge in [0, 0.05) is 25.7 Å². The van der Waals surface area contributed by atoms with Gasteiger partial charge >= 0.3 is 0 Å². The third-order valence-corrected chi connectivity index (χ3v) is 3.18. The van der Waals surface area contributed by atoms with Crippen molar-refractivity contribution in [3.05, 3.63) is 34.9 Å². The van der Waals surface area contributed by atoms with Gasteiger partial charge in [0.15, 0.2) is 0 Å². The highest BCUT2D eigenvalue weighted by molar-refractivity contribution is 6.30. The van der Waals surface area contributed by atoms with Crippen molar-refractivity contribution in [3.8, 4) is 0 Å². The van der Waals surface area contributed by atoms with Crippen LogP contribution in [0.2, 0.25) is 5.02 Å². The summed E-state index contributed by atoms with van der Waals surface area (Å²) in [6, 6.07) is 7.01. The number of nitrogens with zero attached hydrogens (tertiary/aromatic N) is 1. The van der Waals surface area contributed by atoms with Crippen LogP contribution in [-0.2, 0) is 4.79 Å². The van der Waals surface area contributed by atoms with E-state index in [1.54, 1.807) is 52.2 Å². The minimum atomic E-state index is -0.711. The lowest BCUT2D eigenvalue weighted by Crippen LogP contribution is -2.53. The van der Waals surface area contributed by atoms with Gasteiger partial charge in [-0.3, -0.25) is 4.79 Å². The first-order valence-corrected chi connectivity index (χ1v) is 6.52. The number of halogens is 1. The first-order chi connectivity index (χ1) is 8.74. The summed E-state index contributed by atoms with van der Waals surface area (Å²) in [5, 5.41) is 13.8. The molecule has 1 aromatic carbocycles. The van der Waals surface area contributed by atoms with Crippen LogP contribution in [0, 0.1) is 0 Å². The van der Waals surface area contributed by atoms with Crippen LogP contribution >= 0.6 is 11.6 Å². The number of hydrogen-bond donors (Lipinski definition) is 2. The van der Waals surface area contributed by atoms with Gasteiger partial charge in [-0.25, -0.2) is 0 Å². The van der Waals surface area contributed by atoms with Crippen LogP contribution in [-0.4, -0.2) is 42.1 Å². The van der Waals surface area contributed by atoms with E-state index in [4.69, 9.17) is 11.6 Å². The molecule has 0 saturated heterocycles. The molecule has 1 aromatic rings. The van der Waals surface area contributed by atoms with Crippen LogP contribution < -0.4 is 5.32 Å². The smallest absolute Gasteiger partial charge is 0.241 e. The molecular weight excluding hydrogens is 264 g/mol. The maximum Gasteiger partial charge on any atom is 0.241 e. The summed E-state index contributed by atoms with van der Waals surface area (Å²) in [6.45, 7) is 3.89. The van der Waals surface area contributed by atoms with Crippen molar-refractivity contribution in [2.45, 2.75) is 25.5 Å². The van der Waals surface area contributed by atoms with Gasteiger partial charge in [-0.2, -0.15) is 0 Å². The molecule has 1 atom stereocenters. The number of hydrogen-bond acceptors (Lipinski definition) is 3. The van der Waals surface area contributed by atoms with Crippen LogP contribution in [0.4, 0.5) is 0 Å². The Labute approximate surface area is 119 Å². The zero-order chi connectivity index (χ0) is 14.6. The number of benzene rings is 1. The molecule has 106 valence electrons. The van der Waals surface area contributed by atoms with Crippen LogP contribution in [0.25, 0.3) is 0 Å². The molecule has 1 rings (SSSR count). The summed E-state index contributed by atoms with van der Waals surface area (Å²) < 4.78 is 0. The second-order valence-corrected chi connectivity index (χ2v) is 5.71. The largest absolute Gasteiger partial charge is 0.387 e. The highest BCUT2D eigenvalue weighted by Gasteiger charge is 2.29. The van der Waals surface area contributed by atoms with Crippen molar-refractivity contribution >= 4 is 17.5 Å². The van der Waals surface area contributed by atoms with E-state index >= 15 is 0 Å². The van der Waals surface area contributed by atoms with Gasteiger partial charge in [0.05, 0.1) is 11.6 Å². The second kappa shape index (κ2) is 6.37. The molecule has 1 unspecified atom stereocenters. The Bertz CT molecular complexity index is 430. The summed E-state index contributed by atoms with van der Waals surface area (Å²) in [7, 11) is 3.42. The van der Waals surface area contributed by atoms with E-state index in [-0.39, 0.29) is 5.91 Å². The van der Waals surface area contributed by atoms with E-state index in [0.717, 1.165) is 5.56 Å². The SMILES string of the molecule is CN(C)C(=O)C(C)(C)NCC(O)c1ccc(Cl)cc1. The normalized spacial score (nSPS) is 13.2. The van der Waals surface area contributed by atoms with Gasteiger partial charge in [0.1, 0.15) is 0 Å². The molecule has 0 aromatic heterocycles. The monoisotopic (exact) mass is 284 g/mol. The van der Waals surface area contributed by atoms with E-state index in [0.29, 0.717) is 11.6 Å². The van der Waals surface area contributed by atoms with Crippen LogP contribution in [0.1, 0.15) is 25.5 Å². The van der Waals surface area contributed by atoms with Crippen molar-refractivity contribution < 1.29 is 9.90 Å². The maximum atomic E-state index is 11.9. The molecule has 0 aliphatic carbocycles. The van der Waals surface area contributed by atoms with Gasteiger partial charge in [0.2, 0.25) is 5.91 Å². The van der Waals surface area contributed by atoms with Crippen molar-refractivity contribution in [2.24, 2.45) is 0 Å². The third kappa shape index (κ3) is 4.49. The first-order valence-electron chi connectivity index (χ1n) is 6.14. The summed E-state index contributed by atoms with van der Waals surface area (Å²) >= 11 is 5.79. The Balaban J connectivity index is 2.61. The highest BCUT2D eigenvalue weighted by atomic mass is 35.5. The Morgan fingerprint density at radius 1 is 1.37 bits per heavy atom. The Morgan fingerprint density at radius 2 is 1.89 bits per heavy atom. The van der Waals surface area contributed by atoms with Gasteiger partial charge in [-0.15, -0.1) is 0 Å². The zero-order valence-corrected chi connectivity index (χ0v) is 12.5. The number of carbonyl (C=O) groups is 1. The summed E-state index contributed by atoms with van der Waals surface area (Å²) in [4.78, 5) is 13.5. The molecule has 0 aliphatic rings. The predicted molar refractivity (Wildman–Crippen MR) is 77.2 cm³/mol. The number of nitrogens with one attached hydrogen (secondary N) is 1. The number of aliphatic hydroxyl groups excluding tert-OH is 1. The molecule has 2 N–H and O–H groups in total. The van der Waals surface area contributed by atoms with Crippen LogP contribution in [0.5, 0.6) is 0 Å². The fourth-order valence-electron chi connectivity index (χ4n) is 1.79. The van der Waals surface area contributed by atoms with Crippen LogP contribution in [0.15, 0.2) is 24.3 Å². The van der Waals surface area contributed by atoms with E-state index in [1.807, 2.05) is 0 Å². The van der Waals surface area contributed by atoms with Gasteiger partial charge in [0.25, 0.3) is 0 Å². The van der Waals surface area contributed by atoms with Gasteiger partial charge < -0.3 is 15.3 Å². The van der Waals surface area contributed by atoms with E-state index < -0.39 is 11.6 Å². The molecule has 0 aliphatic heterocycles. The average Bonchev–Trinajstić information content (AvgIpc) is 2.35. The number of β-amino-alcohol motifs (C(OH)–C–C–N with tert-alkyl or cyclic N) is 1. The molecule has 0 spiro atoms. The maximum absolute atomic E-state index is 11.9. The number of amides is 1. The lowest BCUT2D eigenvalue weighted by Gasteiger charge is -2.29. The van der Waals surface area contributed by atoms with E-state index in [2.05, 4.69) is 5.32 Å². The minimum Gasteiger partial charge on any atom is -0.387 e. The summed E-state index contributed by atoms with van der Waals surface area (Å²) in [5.41, 5.74) is 0.0571. The molecule has 5 heteroatoms. The summed E-state index contributed by atoms with van der Waals surface area (Å²) in [5.74, 6) is -0.0317. The van der Waals surface area contributed by atoms with Crippen molar-refractivity contribution in [2.75, 3.05) is 20.6 Å². The number of rotatable bonds is 5. The van der Waals surface area contributed by atoms with Crippen molar-refractivity contribution in [1.29, 1.82) is 0 Å². The Kier molecular flexibility index (Phi) is 5.35. The molecule has 0 radical (unpaired) electrons. The van der Waals surface area contributed by atoms with Crippen molar-refractivity contribution in [3.63, 3.8) is 0 Å². The topological polar surface area (TPSA) is 52.6 Å². The number of aliphatic hydroxyl groups is 1. The fourth-order valence-corrected chi connectivity index (χ4v) is 1.92. The van der Waals surface area contributed by atoms with Crippen molar-refractivity contribution in [1.82, 2.24) is 10.2 Å². The molecule has 0 fully saturated rings. The van der Waals surface area contributed by atoms with E-state index in [9.17, 15) is 9.90 Å². The minimum absolute atomic E-state index is 0.0317. The Hall–Kier alpha value is -1.10. The molecule has 0 heterocycles. The third-order valence-electron chi connectivity index (χ3n) is 2.93. The first kappa shape index (κ1) is 16.0. The molecule has 19 heavy (non-hydrogen) atoms. The van der Waals surface area contributed by atoms with E-state index in [1.165, 1.54) is 4.90 Å². The molecular formula is C14H21ClN2O2. The summed E-state index contributed by atoms with van der Waals surface area (Å²) in [6.07, 6.45) is -0.675. The quantitative estimate of drug-likeness (QED) is 0.867. The van der Waals surface area contributed by atoms with Gasteiger partial charge in [-0.1, -0.05) is 23.7 Å². The Morgan fingerprint density at radius 3 is 2.37 bits per heavy atom. The molecule has 4 nitrogen and oxygen atoms in total. The lowest BCUT2D eigenvalue weighted by molar-refractivity contribution is -0.134. The van der Waals surface area contributed by atoms with Crippen LogP contribution in [0.3, 0.4) is 0 Å². The predicted octanol–water partition coefficient (Wildman–Crippen LogP) is 1.83. The molecule has 1 amide bonds. The number of likely N-dealkylation sites (N-methyl/N-ethyl adjacent to an activating group) is 1. The molecule has 0 saturated carbocycles. The average molecular weight is 285 g/mol. The lowest BCUT2D eigenvalue weighted by atomic mass is 10.0. The second-order valence-electron chi connectivity index (χ2n) is 5.27.